The maximum atomic E-state index is 11.8. The lowest BCUT2D eigenvalue weighted by atomic mass is 9.90. The molecule has 122 valence electrons. The summed E-state index contributed by atoms with van der Waals surface area (Å²) in [6.07, 6.45) is 2.27. The van der Waals surface area contributed by atoms with Crippen molar-refractivity contribution in [2.75, 3.05) is 54.4 Å². The molecule has 0 N–H and O–H groups in total. The van der Waals surface area contributed by atoms with Gasteiger partial charge in [-0.3, -0.25) is 19.4 Å². The van der Waals surface area contributed by atoms with Crippen molar-refractivity contribution in [2.45, 2.75) is 24.9 Å². The van der Waals surface area contributed by atoms with Gasteiger partial charge >= 0.3 is 0 Å². The highest BCUT2D eigenvalue weighted by atomic mass is 127. The van der Waals surface area contributed by atoms with Crippen molar-refractivity contribution in [1.29, 1.82) is 0 Å². The highest BCUT2D eigenvalue weighted by molar-refractivity contribution is 14.0. The minimum absolute atomic E-state index is 0. The molecule has 0 spiro atoms. The molecule has 21 heavy (non-hydrogen) atoms. The molecule has 7 heteroatoms. The van der Waals surface area contributed by atoms with Crippen molar-refractivity contribution < 1.29 is 9.59 Å². The van der Waals surface area contributed by atoms with Crippen molar-refractivity contribution in [3.8, 4) is 0 Å². The zero-order chi connectivity index (χ0) is 14.9. The van der Waals surface area contributed by atoms with E-state index in [4.69, 9.17) is 0 Å². The highest BCUT2D eigenvalue weighted by Gasteiger charge is 2.40. The van der Waals surface area contributed by atoms with Crippen LogP contribution in [0.2, 0.25) is 0 Å². The first-order chi connectivity index (χ1) is 9.38. The van der Waals surface area contributed by atoms with E-state index >= 15 is 0 Å². The molecule has 2 bridgehead atoms. The normalized spacial score (nSPS) is 25.3. The number of rotatable bonds is 4. The van der Waals surface area contributed by atoms with Crippen molar-refractivity contribution in [2.24, 2.45) is 0 Å². The highest BCUT2D eigenvalue weighted by Crippen LogP contribution is 2.28. The van der Waals surface area contributed by atoms with Gasteiger partial charge in [-0.05, 0) is 12.8 Å². The number of halogens is 1. The fraction of sp³-hybridized carbons (Fsp3) is 0.857. The predicted octanol–water partition coefficient (Wildman–Crippen LogP) is -0.0706. The summed E-state index contributed by atoms with van der Waals surface area (Å²) in [6.45, 7) is 2.82. The summed E-state index contributed by atoms with van der Waals surface area (Å²) in [5.41, 5.74) is 0. The third kappa shape index (κ3) is 4.53. The van der Waals surface area contributed by atoms with E-state index < -0.39 is 0 Å². The van der Waals surface area contributed by atoms with Gasteiger partial charge in [-0.2, -0.15) is 0 Å². The Hall–Kier alpha value is -0.410. The molecule has 3 fully saturated rings. The predicted molar refractivity (Wildman–Crippen MR) is 92.8 cm³/mol. The topological polar surface area (TPSA) is 47.1 Å². The van der Waals surface area contributed by atoms with Crippen molar-refractivity contribution in [3.05, 3.63) is 0 Å². The number of likely N-dealkylation sites (N-methyl/N-ethyl adjacent to an activating group) is 2. The molecule has 3 saturated heterocycles. The van der Waals surface area contributed by atoms with Crippen LogP contribution in [-0.2, 0) is 9.59 Å². The lowest BCUT2D eigenvalue weighted by Crippen LogP contribution is -2.64. The zero-order valence-corrected chi connectivity index (χ0v) is 15.7. The van der Waals surface area contributed by atoms with Gasteiger partial charge < -0.3 is 9.80 Å². The Morgan fingerprint density at radius 2 is 1.19 bits per heavy atom. The van der Waals surface area contributed by atoms with E-state index in [2.05, 4.69) is 9.80 Å². The quantitative estimate of drug-likeness (QED) is 0.609. The summed E-state index contributed by atoms with van der Waals surface area (Å²) < 4.78 is 0. The third-order valence-electron chi connectivity index (χ3n) is 4.43. The molecule has 2 unspecified atom stereocenters. The minimum Gasteiger partial charge on any atom is -0.348 e. The van der Waals surface area contributed by atoms with Gasteiger partial charge in [0.15, 0.2) is 0 Å². The number of hydrogen-bond donors (Lipinski definition) is 0. The number of piperazine rings is 1. The molecule has 6 nitrogen and oxygen atoms in total. The van der Waals surface area contributed by atoms with Gasteiger partial charge in [-0.25, -0.2) is 0 Å². The van der Waals surface area contributed by atoms with Crippen LogP contribution in [-0.4, -0.2) is 97.9 Å². The largest absolute Gasteiger partial charge is 0.348 e. The van der Waals surface area contributed by atoms with Crippen LogP contribution < -0.4 is 0 Å². The second kappa shape index (κ2) is 7.73. The molecule has 0 aromatic rings. The number of fused-ring (bicyclic) bond motifs is 3. The molecule has 0 aliphatic carbocycles. The van der Waals surface area contributed by atoms with Crippen molar-refractivity contribution in [1.82, 2.24) is 19.6 Å². The maximum Gasteiger partial charge on any atom is 0.236 e. The van der Waals surface area contributed by atoms with Gasteiger partial charge in [0.25, 0.3) is 0 Å². The summed E-state index contributed by atoms with van der Waals surface area (Å²) in [4.78, 5) is 31.6. The molecule has 3 aliphatic heterocycles. The summed E-state index contributed by atoms with van der Waals surface area (Å²) in [6, 6.07) is 0.831. The minimum atomic E-state index is 0. The maximum absolute atomic E-state index is 11.8. The molecule has 3 aliphatic rings. The van der Waals surface area contributed by atoms with E-state index in [1.54, 1.807) is 38.0 Å². The molecular weight excluding hydrogens is 383 g/mol. The first-order valence-electron chi connectivity index (χ1n) is 7.27. The van der Waals surface area contributed by atoms with Gasteiger partial charge in [0, 0.05) is 53.4 Å². The summed E-state index contributed by atoms with van der Waals surface area (Å²) in [5.74, 6) is 0.321. The lowest BCUT2D eigenvalue weighted by Gasteiger charge is -2.51. The van der Waals surface area contributed by atoms with Crippen molar-refractivity contribution >= 4 is 35.8 Å². The van der Waals surface area contributed by atoms with Crippen LogP contribution in [0.4, 0.5) is 0 Å². The Bertz CT molecular complexity index is 353. The third-order valence-corrected chi connectivity index (χ3v) is 4.43. The molecule has 0 aromatic carbocycles. The number of carbonyl (C=O) groups is 2. The van der Waals surface area contributed by atoms with Crippen molar-refractivity contribution in [3.63, 3.8) is 0 Å². The van der Waals surface area contributed by atoms with Gasteiger partial charge in [-0.1, -0.05) is 0 Å². The standard InChI is InChI=1S/C14H26N4O2.HI/c1-15(2)13(19)9-17-7-12-6-5-11(17)8-18(12)10-14(20)16(3)4;/h11-12H,5-10H2,1-4H3;1H. The Balaban J connectivity index is 0.00000220. The van der Waals surface area contributed by atoms with E-state index in [0.29, 0.717) is 25.2 Å². The fourth-order valence-corrected chi connectivity index (χ4v) is 3.02. The summed E-state index contributed by atoms with van der Waals surface area (Å²) in [5, 5.41) is 0. The van der Waals surface area contributed by atoms with E-state index in [0.717, 1.165) is 25.9 Å². The molecule has 0 aromatic heterocycles. The first-order valence-corrected chi connectivity index (χ1v) is 7.27. The second-order valence-corrected chi connectivity index (χ2v) is 6.32. The van der Waals surface area contributed by atoms with Crippen LogP contribution in [0, 0.1) is 0 Å². The SMILES string of the molecule is CN(C)C(=O)CN1CC2CCC1CN2CC(=O)N(C)C.I. The smallest absolute Gasteiger partial charge is 0.236 e. The average Bonchev–Trinajstić information content (AvgIpc) is 2.39. The van der Waals surface area contributed by atoms with E-state index in [9.17, 15) is 9.59 Å². The monoisotopic (exact) mass is 410 g/mol. The number of nitrogens with zero attached hydrogens (tertiary/aromatic N) is 4. The number of hydrogen-bond acceptors (Lipinski definition) is 4. The van der Waals surface area contributed by atoms with Crippen LogP contribution in [0.3, 0.4) is 0 Å². The summed E-state index contributed by atoms with van der Waals surface area (Å²) in [7, 11) is 7.19. The second-order valence-electron chi connectivity index (χ2n) is 6.32. The molecule has 3 heterocycles. The summed E-state index contributed by atoms with van der Waals surface area (Å²) >= 11 is 0. The molecule has 2 amide bonds. The van der Waals surface area contributed by atoms with Crippen LogP contribution in [0.5, 0.6) is 0 Å². The van der Waals surface area contributed by atoms with Gasteiger partial charge in [0.2, 0.25) is 11.8 Å². The van der Waals surface area contributed by atoms with Gasteiger partial charge in [-0.15, -0.1) is 24.0 Å². The molecule has 0 saturated carbocycles. The molecule has 0 radical (unpaired) electrons. The number of piperidine rings is 2. The van der Waals surface area contributed by atoms with Crippen LogP contribution >= 0.6 is 24.0 Å². The Morgan fingerprint density at radius 1 is 0.857 bits per heavy atom. The fourth-order valence-electron chi connectivity index (χ4n) is 3.02. The molecule has 2 atom stereocenters. The van der Waals surface area contributed by atoms with Gasteiger partial charge in [0.1, 0.15) is 0 Å². The lowest BCUT2D eigenvalue weighted by molar-refractivity contribution is -0.137. The Labute approximate surface area is 144 Å². The van der Waals surface area contributed by atoms with E-state index in [1.165, 1.54) is 0 Å². The van der Waals surface area contributed by atoms with E-state index in [1.807, 2.05) is 0 Å². The molecule has 3 rings (SSSR count). The number of amides is 2. The van der Waals surface area contributed by atoms with Crippen LogP contribution in [0.25, 0.3) is 0 Å². The number of carbonyl (C=O) groups excluding carboxylic acids is 2. The Morgan fingerprint density at radius 3 is 1.43 bits per heavy atom. The molecular formula is C14H27IN4O2. The Kier molecular flexibility index (Phi) is 6.86. The van der Waals surface area contributed by atoms with E-state index in [-0.39, 0.29) is 35.8 Å². The van der Waals surface area contributed by atoms with Crippen LogP contribution in [0.15, 0.2) is 0 Å². The first kappa shape index (κ1) is 18.6. The van der Waals surface area contributed by atoms with Gasteiger partial charge in [0.05, 0.1) is 13.1 Å². The average molecular weight is 410 g/mol. The zero-order valence-electron chi connectivity index (χ0n) is 13.4. The van der Waals surface area contributed by atoms with Crippen LogP contribution in [0.1, 0.15) is 12.8 Å².